The number of halogens is 2. The predicted octanol–water partition coefficient (Wildman–Crippen LogP) is 3.29. The molecule has 0 amide bonds. The van der Waals surface area contributed by atoms with Gasteiger partial charge in [0.1, 0.15) is 5.82 Å². The Kier molecular flexibility index (Phi) is 4.17. The van der Waals surface area contributed by atoms with Crippen LogP contribution < -0.4 is 0 Å². The van der Waals surface area contributed by atoms with E-state index in [9.17, 15) is 4.39 Å². The smallest absolute Gasteiger partial charge is 0.129 e. The second kappa shape index (κ2) is 5.46. The topological polar surface area (TPSA) is 18.5 Å². The maximum absolute atomic E-state index is 13.5. The average Bonchev–Trinajstić information content (AvgIpc) is 2.35. The van der Waals surface area contributed by atoms with Crippen LogP contribution >= 0.6 is 15.9 Å². The van der Waals surface area contributed by atoms with E-state index in [1.807, 2.05) is 12.1 Å². The van der Waals surface area contributed by atoms with Crippen LogP contribution in [0.15, 0.2) is 12.1 Å². The largest absolute Gasteiger partial charge is 0.376 e. The molecule has 1 heterocycles. The van der Waals surface area contributed by atoms with Gasteiger partial charge < -0.3 is 9.47 Å². The number of aryl methyl sites for hydroxylation is 2. The van der Waals surface area contributed by atoms with Crippen LogP contribution in [0.3, 0.4) is 0 Å². The van der Waals surface area contributed by atoms with E-state index in [1.54, 1.807) is 13.8 Å². The Labute approximate surface area is 109 Å². The highest BCUT2D eigenvalue weighted by molar-refractivity contribution is 9.09. The van der Waals surface area contributed by atoms with Gasteiger partial charge in [-0.1, -0.05) is 28.1 Å². The molecule has 1 aromatic rings. The van der Waals surface area contributed by atoms with Crippen molar-refractivity contribution in [2.24, 2.45) is 0 Å². The lowest BCUT2D eigenvalue weighted by Crippen LogP contribution is -2.31. The molecule has 0 N–H and O–H groups in total. The Balaban J connectivity index is 2.21. The van der Waals surface area contributed by atoms with E-state index >= 15 is 0 Å². The highest BCUT2D eigenvalue weighted by atomic mass is 79.9. The standard InChI is InChI=1S/C13H16BrFO2/c1-8-5-10(6-9(2)13(8)15)12(14)11-7-16-3-4-17-11/h5-6,11-12H,3-4,7H2,1-2H3. The summed E-state index contributed by atoms with van der Waals surface area (Å²) in [7, 11) is 0. The van der Waals surface area contributed by atoms with E-state index in [1.165, 1.54) is 0 Å². The predicted molar refractivity (Wildman–Crippen MR) is 68.1 cm³/mol. The Hall–Kier alpha value is -0.450. The molecule has 2 rings (SSSR count). The van der Waals surface area contributed by atoms with Gasteiger partial charge in [0.2, 0.25) is 0 Å². The normalized spacial score (nSPS) is 22.5. The van der Waals surface area contributed by atoms with Crippen LogP contribution in [0.4, 0.5) is 4.39 Å². The first-order valence-corrected chi connectivity index (χ1v) is 6.61. The molecule has 0 aliphatic carbocycles. The molecule has 0 spiro atoms. The van der Waals surface area contributed by atoms with Gasteiger partial charge in [0.15, 0.2) is 0 Å². The van der Waals surface area contributed by atoms with Gasteiger partial charge in [0.25, 0.3) is 0 Å². The second-order valence-electron chi connectivity index (χ2n) is 4.35. The molecule has 2 unspecified atom stereocenters. The van der Waals surface area contributed by atoms with Crippen molar-refractivity contribution in [3.05, 3.63) is 34.6 Å². The van der Waals surface area contributed by atoms with Gasteiger partial charge in [-0.25, -0.2) is 4.39 Å². The molecule has 94 valence electrons. The minimum atomic E-state index is -0.130. The van der Waals surface area contributed by atoms with Crippen molar-refractivity contribution in [2.45, 2.75) is 24.8 Å². The van der Waals surface area contributed by atoms with Crippen molar-refractivity contribution in [1.82, 2.24) is 0 Å². The van der Waals surface area contributed by atoms with Gasteiger partial charge in [-0.05, 0) is 30.5 Å². The summed E-state index contributed by atoms with van der Waals surface area (Å²) in [5.74, 6) is -0.130. The summed E-state index contributed by atoms with van der Waals surface area (Å²) < 4.78 is 24.6. The van der Waals surface area contributed by atoms with Crippen molar-refractivity contribution >= 4 is 15.9 Å². The fraction of sp³-hybridized carbons (Fsp3) is 0.538. The first kappa shape index (κ1) is 13.0. The van der Waals surface area contributed by atoms with Gasteiger partial charge in [-0.3, -0.25) is 0 Å². The van der Waals surface area contributed by atoms with Crippen LogP contribution in [0.5, 0.6) is 0 Å². The number of hydrogen-bond donors (Lipinski definition) is 0. The quantitative estimate of drug-likeness (QED) is 0.781. The molecular weight excluding hydrogens is 287 g/mol. The lowest BCUT2D eigenvalue weighted by molar-refractivity contribution is -0.0876. The number of rotatable bonds is 2. The third kappa shape index (κ3) is 2.87. The van der Waals surface area contributed by atoms with E-state index in [-0.39, 0.29) is 16.7 Å². The molecule has 0 radical (unpaired) electrons. The molecule has 1 aromatic carbocycles. The van der Waals surface area contributed by atoms with Crippen molar-refractivity contribution in [3.8, 4) is 0 Å². The summed E-state index contributed by atoms with van der Waals surface area (Å²) in [6.07, 6.45) is -0.00647. The van der Waals surface area contributed by atoms with Crippen LogP contribution in [0.2, 0.25) is 0 Å². The van der Waals surface area contributed by atoms with Gasteiger partial charge in [0, 0.05) is 0 Å². The van der Waals surface area contributed by atoms with Crippen molar-refractivity contribution in [1.29, 1.82) is 0 Å². The molecule has 17 heavy (non-hydrogen) atoms. The number of benzene rings is 1. The third-order valence-electron chi connectivity index (χ3n) is 2.95. The fourth-order valence-electron chi connectivity index (χ4n) is 2.03. The minimum absolute atomic E-state index is 0.00647. The summed E-state index contributed by atoms with van der Waals surface area (Å²) >= 11 is 3.61. The summed E-state index contributed by atoms with van der Waals surface area (Å²) in [4.78, 5) is 0.0424. The maximum Gasteiger partial charge on any atom is 0.129 e. The fourth-order valence-corrected chi connectivity index (χ4v) is 2.60. The molecule has 1 aliphatic heterocycles. The van der Waals surface area contributed by atoms with Crippen LogP contribution in [0.25, 0.3) is 0 Å². The summed E-state index contributed by atoms with van der Waals surface area (Å²) in [6.45, 7) is 5.41. The van der Waals surface area contributed by atoms with E-state index in [0.29, 0.717) is 30.9 Å². The zero-order valence-corrected chi connectivity index (χ0v) is 11.6. The third-order valence-corrected chi connectivity index (χ3v) is 4.06. The van der Waals surface area contributed by atoms with Gasteiger partial charge in [0.05, 0.1) is 30.8 Å². The van der Waals surface area contributed by atoms with Crippen LogP contribution in [0, 0.1) is 19.7 Å². The Morgan fingerprint density at radius 1 is 1.29 bits per heavy atom. The molecule has 2 nitrogen and oxygen atoms in total. The van der Waals surface area contributed by atoms with Crippen molar-refractivity contribution < 1.29 is 13.9 Å². The number of ether oxygens (including phenoxy) is 2. The van der Waals surface area contributed by atoms with E-state index in [4.69, 9.17) is 9.47 Å². The average molecular weight is 303 g/mol. The first-order chi connectivity index (χ1) is 8.09. The highest BCUT2D eigenvalue weighted by Crippen LogP contribution is 2.32. The Morgan fingerprint density at radius 3 is 2.47 bits per heavy atom. The van der Waals surface area contributed by atoms with Crippen LogP contribution in [-0.4, -0.2) is 25.9 Å². The summed E-state index contributed by atoms with van der Waals surface area (Å²) in [6, 6.07) is 3.72. The molecule has 0 saturated carbocycles. The van der Waals surface area contributed by atoms with Gasteiger partial charge in [-0.2, -0.15) is 0 Å². The number of hydrogen-bond acceptors (Lipinski definition) is 2. The van der Waals surface area contributed by atoms with Gasteiger partial charge in [-0.15, -0.1) is 0 Å². The molecule has 2 atom stereocenters. The minimum Gasteiger partial charge on any atom is -0.376 e. The molecule has 4 heteroatoms. The summed E-state index contributed by atoms with van der Waals surface area (Å²) in [5, 5.41) is 0. The van der Waals surface area contributed by atoms with Gasteiger partial charge >= 0.3 is 0 Å². The van der Waals surface area contributed by atoms with Crippen LogP contribution in [0.1, 0.15) is 21.5 Å². The lowest BCUT2D eigenvalue weighted by atomic mass is 10.0. The molecule has 0 aromatic heterocycles. The molecule has 1 saturated heterocycles. The monoisotopic (exact) mass is 302 g/mol. The second-order valence-corrected chi connectivity index (χ2v) is 5.34. The van der Waals surface area contributed by atoms with E-state index in [2.05, 4.69) is 15.9 Å². The summed E-state index contributed by atoms with van der Waals surface area (Å²) in [5.41, 5.74) is 2.37. The first-order valence-electron chi connectivity index (χ1n) is 5.69. The maximum atomic E-state index is 13.5. The van der Waals surface area contributed by atoms with Crippen LogP contribution in [-0.2, 0) is 9.47 Å². The Bertz CT molecular complexity index is 379. The zero-order chi connectivity index (χ0) is 12.4. The zero-order valence-electron chi connectivity index (χ0n) is 10.0. The lowest BCUT2D eigenvalue weighted by Gasteiger charge is -2.27. The van der Waals surface area contributed by atoms with Crippen molar-refractivity contribution in [2.75, 3.05) is 19.8 Å². The van der Waals surface area contributed by atoms with Crippen molar-refractivity contribution in [3.63, 3.8) is 0 Å². The Morgan fingerprint density at radius 2 is 1.94 bits per heavy atom. The molecule has 1 fully saturated rings. The molecule has 0 bridgehead atoms. The van der Waals surface area contributed by atoms with E-state index < -0.39 is 0 Å². The molecular formula is C13H16BrFO2. The SMILES string of the molecule is Cc1cc(C(Br)C2COCCO2)cc(C)c1F. The molecule has 1 aliphatic rings. The highest BCUT2D eigenvalue weighted by Gasteiger charge is 2.25. The number of alkyl halides is 1. The van der Waals surface area contributed by atoms with E-state index in [0.717, 1.165) is 5.56 Å².